The first-order chi connectivity index (χ1) is 43.3. The Morgan fingerprint density at radius 2 is 0.567 bits per heavy atom. The zero-order valence-electron chi connectivity index (χ0n) is 58.6. The summed E-state index contributed by atoms with van der Waals surface area (Å²) >= 11 is 0. The van der Waals surface area contributed by atoms with Gasteiger partial charge in [-0.25, -0.2) is 9.13 Å². The van der Waals surface area contributed by atoms with Gasteiger partial charge in [0.05, 0.1) is 26.4 Å². The molecule has 0 amide bonds. The van der Waals surface area contributed by atoms with Gasteiger partial charge in [-0.1, -0.05) is 305 Å². The standard InChI is InChI=1S/C71H138O17P2/c1-8-10-11-12-13-14-15-16-17-18-19-20-21-22-23-24-25-26-29-40-47-54-70(75)87-66(58-81-68(73)52-45-38-30-27-28-35-42-49-62(3)4)60-85-89(77,78)83-56-65(72)57-84-90(79,80)86-61-67(59-82-69(74)53-46-39-33-31-36-43-50-63(5)6)88-71(76)55-48-41-34-32-37-44-51-64(7)9-2/h62-67,72H,8-61H2,1-7H3,(H,77,78)(H,79,80)/t64?,65-,66-,67-/m1/s1. The van der Waals surface area contributed by atoms with Gasteiger partial charge in [0, 0.05) is 25.7 Å². The Labute approximate surface area is 549 Å². The third-order valence-corrected chi connectivity index (χ3v) is 18.6. The maximum Gasteiger partial charge on any atom is 0.472 e. The lowest BCUT2D eigenvalue weighted by atomic mass is 10.00. The summed E-state index contributed by atoms with van der Waals surface area (Å²) in [4.78, 5) is 72.4. The van der Waals surface area contributed by atoms with Crippen molar-refractivity contribution in [3.05, 3.63) is 0 Å². The van der Waals surface area contributed by atoms with E-state index in [2.05, 4.69) is 48.5 Å². The molecule has 0 aliphatic rings. The van der Waals surface area contributed by atoms with Crippen molar-refractivity contribution in [1.82, 2.24) is 0 Å². The van der Waals surface area contributed by atoms with Gasteiger partial charge in [-0.15, -0.1) is 0 Å². The lowest BCUT2D eigenvalue weighted by Crippen LogP contribution is -2.30. The Balaban J connectivity index is 5.15. The Bertz CT molecular complexity index is 1770. The van der Waals surface area contributed by atoms with E-state index in [9.17, 15) is 43.2 Å². The molecule has 19 heteroatoms. The maximum absolute atomic E-state index is 13.0. The number of hydrogen-bond donors (Lipinski definition) is 3. The molecular formula is C71H138O17P2. The molecule has 3 unspecified atom stereocenters. The van der Waals surface area contributed by atoms with Crippen LogP contribution in [0, 0.1) is 17.8 Å². The molecule has 0 fully saturated rings. The molecule has 534 valence electrons. The molecule has 0 spiro atoms. The lowest BCUT2D eigenvalue weighted by molar-refractivity contribution is -0.161. The van der Waals surface area contributed by atoms with E-state index < -0.39 is 97.5 Å². The van der Waals surface area contributed by atoms with Crippen LogP contribution in [0.15, 0.2) is 0 Å². The van der Waals surface area contributed by atoms with Crippen molar-refractivity contribution >= 4 is 39.5 Å². The smallest absolute Gasteiger partial charge is 0.462 e. The molecule has 17 nitrogen and oxygen atoms in total. The first-order valence-corrected chi connectivity index (χ1v) is 39.9. The summed E-state index contributed by atoms with van der Waals surface area (Å²) in [7, 11) is -9.90. The average Bonchev–Trinajstić information content (AvgIpc) is 3.63. The van der Waals surface area contributed by atoms with Crippen LogP contribution in [0.1, 0.15) is 357 Å². The average molecular weight is 1330 g/mol. The molecule has 0 aromatic carbocycles. The third kappa shape index (κ3) is 63.5. The minimum atomic E-state index is -4.95. The van der Waals surface area contributed by atoms with Crippen LogP contribution in [-0.4, -0.2) is 96.7 Å². The number of rotatable bonds is 69. The molecule has 0 saturated heterocycles. The van der Waals surface area contributed by atoms with E-state index in [0.29, 0.717) is 37.5 Å². The van der Waals surface area contributed by atoms with E-state index in [0.717, 1.165) is 109 Å². The Kier molecular flexibility index (Phi) is 60.6. The first kappa shape index (κ1) is 88.1. The maximum atomic E-state index is 13.0. The topological polar surface area (TPSA) is 237 Å². The second-order valence-electron chi connectivity index (χ2n) is 26.8. The zero-order chi connectivity index (χ0) is 66.6. The van der Waals surface area contributed by atoms with E-state index in [1.54, 1.807) is 0 Å². The van der Waals surface area contributed by atoms with E-state index >= 15 is 0 Å². The molecule has 3 N–H and O–H groups in total. The predicted molar refractivity (Wildman–Crippen MR) is 363 cm³/mol. The lowest BCUT2D eigenvalue weighted by Gasteiger charge is -2.21. The van der Waals surface area contributed by atoms with Gasteiger partial charge in [0.15, 0.2) is 12.2 Å². The molecule has 0 radical (unpaired) electrons. The molecule has 90 heavy (non-hydrogen) atoms. The highest BCUT2D eigenvalue weighted by Gasteiger charge is 2.30. The van der Waals surface area contributed by atoms with Gasteiger partial charge < -0.3 is 33.8 Å². The summed E-state index contributed by atoms with van der Waals surface area (Å²) in [5.41, 5.74) is 0. The molecule has 6 atom stereocenters. The fraction of sp³-hybridized carbons (Fsp3) is 0.944. The molecule has 0 saturated carbocycles. The van der Waals surface area contributed by atoms with Crippen molar-refractivity contribution in [3.8, 4) is 0 Å². The summed E-state index contributed by atoms with van der Waals surface area (Å²) in [6, 6.07) is 0. The number of phosphoric acid groups is 2. The minimum absolute atomic E-state index is 0.102. The van der Waals surface area contributed by atoms with E-state index in [1.807, 2.05) is 0 Å². The Hall–Kier alpha value is -1.94. The number of aliphatic hydroxyl groups excluding tert-OH is 1. The van der Waals surface area contributed by atoms with Crippen LogP contribution >= 0.6 is 15.6 Å². The van der Waals surface area contributed by atoms with Crippen molar-refractivity contribution in [2.75, 3.05) is 39.6 Å². The van der Waals surface area contributed by atoms with Gasteiger partial charge >= 0.3 is 39.5 Å². The van der Waals surface area contributed by atoms with Crippen LogP contribution in [0.4, 0.5) is 0 Å². The highest BCUT2D eigenvalue weighted by molar-refractivity contribution is 7.47. The molecule has 0 heterocycles. The number of carbonyl (C=O) groups is 4. The van der Waals surface area contributed by atoms with Crippen molar-refractivity contribution in [2.45, 2.75) is 375 Å². The number of aliphatic hydroxyl groups is 1. The van der Waals surface area contributed by atoms with Crippen LogP contribution in [0.3, 0.4) is 0 Å². The van der Waals surface area contributed by atoms with Crippen molar-refractivity contribution < 1.29 is 80.2 Å². The molecule has 0 rings (SSSR count). The van der Waals surface area contributed by atoms with Gasteiger partial charge in [-0.2, -0.15) is 0 Å². The summed E-state index contributed by atoms with van der Waals surface area (Å²) < 4.78 is 68.2. The SMILES string of the molecule is CCCCCCCCCCCCCCCCCCCCCCCC(=O)O[C@H](COC(=O)CCCCCCCCCC(C)C)COP(=O)(O)OC[C@@H](O)COP(=O)(O)OC[C@@H](COC(=O)CCCCCCCCC(C)C)OC(=O)CCCCCCCCC(C)CC. The monoisotopic (exact) mass is 1320 g/mol. The Morgan fingerprint density at radius 1 is 0.322 bits per heavy atom. The van der Waals surface area contributed by atoms with Crippen LogP contribution < -0.4 is 0 Å². The molecule has 0 aliphatic heterocycles. The molecule has 0 aliphatic carbocycles. The third-order valence-electron chi connectivity index (χ3n) is 16.7. The van der Waals surface area contributed by atoms with Crippen LogP contribution in [0.5, 0.6) is 0 Å². The van der Waals surface area contributed by atoms with Gasteiger partial charge in [0.1, 0.15) is 19.3 Å². The Morgan fingerprint density at radius 3 is 0.844 bits per heavy atom. The van der Waals surface area contributed by atoms with Crippen LogP contribution in [-0.2, 0) is 65.4 Å². The number of esters is 4. The van der Waals surface area contributed by atoms with E-state index in [-0.39, 0.29) is 25.7 Å². The number of hydrogen-bond acceptors (Lipinski definition) is 15. The zero-order valence-corrected chi connectivity index (χ0v) is 60.4. The number of phosphoric ester groups is 2. The minimum Gasteiger partial charge on any atom is -0.462 e. The van der Waals surface area contributed by atoms with Gasteiger partial charge in [-0.05, 0) is 43.4 Å². The summed E-state index contributed by atoms with van der Waals surface area (Å²) in [5, 5.41) is 10.6. The quantitative estimate of drug-likeness (QED) is 0.0222. The van der Waals surface area contributed by atoms with Crippen molar-refractivity contribution in [2.24, 2.45) is 17.8 Å². The summed E-state index contributed by atoms with van der Waals surface area (Å²) in [6.45, 7) is 11.7. The molecule has 0 aromatic rings. The second kappa shape index (κ2) is 61.9. The van der Waals surface area contributed by atoms with Crippen molar-refractivity contribution in [1.29, 1.82) is 0 Å². The molecule has 0 aromatic heterocycles. The van der Waals surface area contributed by atoms with Gasteiger partial charge in [0.2, 0.25) is 0 Å². The number of ether oxygens (including phenoxy) is 4. The highest BCUT2D eigenvalue weighted by Crippen LogP contribution is 2.45. The van der Waals surface area contributed by atoms with E-state index in [4.69, 9.17) is 37.0 Å². The van der Waals surface area contributed by atoms with Gasteiger partial charge in [0.25, 0.3) is 0 Å². The molecular weight excluding hydrogens is 1190 g/mol. The fourth-order valence-corrected chi connectivity index (χ4v) is 12.3. The highest BCUT2D eigenvalue weighted by atomic mass is 31.2. The summed E-state index contributed by atoms with van der Waals surface area (Å²) in [5.74, 6) is -0.0290. The summed E-state index contributed by atoms with van der Waals surface area (Å²) in [6.07, 6.45) is 46.4. The molecule has 0 bridgehead atoms. The predicted octanol–water partition coefficient (Wildman–Crippen LogP) is 20.2. The van der Waals surface area contributed by atoms with Crippen LogP contribution in [0.2, 0.25) is 0 Å². The fourth-order valence-electron chi connectivity index (χ4n) is 10.7. The van der Waals surface area contributed by atoms with E-state index in [1.165, 1.54) is 154 Å². The number of carbonyl (C=O) groups excluding carboxylic acids is 4. The van der Waals surface area contributed by atoms with Gasteiger partial charge in [-0.3, -0.25) is 37.3 Å². The number of unbranched alkanes of at least 4 members (excludes halogenated alkanes) is 36. The van der Waals surface area contributed by atoms with Crippen LogP contribution in [0.25, 0.3) is 0 Å². The largest absolute Gasteiger partial charge is 0.472 e. The first-order valence-electron chi connectivity index (χ1n) is 36.9. The van der Waals surface area contributed by atoms with Crippen molar-refractivity contribution in [3.63, 3.8) is 0 Å². The second-order valence-corrected chi connectivity index (χ2v) is 29.7. The normalized spacial score (nSPS) is 14.5.